The number of aliphatic imine (C=N–C) groups is 1. The third kappa shape index (κ3) is 3.25. The standard InChI is InChI=1S/C16H17NO4/c1-19-14-8-12(9-15(20-2)16(14)21-3)17-10-11-6-4-5-7-13(11)18/h4-10,18H,1-3H3. The Balaban J connectivity index is 2.39. The third-order valence-corrected chi connectivity index (χ3v) is 2.94. The highest BCUT2D eigenvalue weighted by Crippen LogP contribution is 2.40. The van der Waals surface area contributed by atoms with E-state index >= 15 is 0 Å². The fraction of sp³-hybridized carbons (Fsp3) is 0.188. The number of phenolic OH excluding ortho intramolecular Hbond substituents is 1. The number of ether oxygens (including phenoxy) is 3. The van der Waals surface area contributed by atoms with Gasteiger partial charge in [0.15, 0.2) is 11.5 Å². The zero-order valence-electron chi connectivity index (χ0n) is 12.2. The highest BCUT2D eigenvalue weighted by molar-refractivity contribution is 5.85. The molecule has 1 N–H and O–H groups in total. The van der Waals surface area contributed by atoms with Crippen LogP contribution >= 0.6 is 0 Å². The second-order valence-electron chi connectivity index (χ2n) is 4.20. The van der Waals surface area contributed by atoms with Gasteiger partial charge in [-0.25, -0.2) is 0 Å². The molecule has 0 aromatic heterocycles. The molecule has 0 saturated carbocycles. The second-order valence-corrected chi connectivity index (χ2v) is 4.20. The van der Waals surface area contributed by atoms with Crippen LogP contribution in [0, 0.1) is 0 Å². The molecule has 0 unspecified atom stereocenters. The Morgan fingerprint density at radius 3 is 2.10 bits per heavy atom. The number of aromatic hydroxyl groups is 1. The highest BCUT2D eigenvalue weighted by Gasteiger charge is 2.12. The smallest absolute Gasteiger partial charge is 0.203 e. The van der Waals surface area contributed by atoms with Crippen molar-refractivity contribution in [2.75, 3.05) is 21.3 Å². The van der Waals surface area contributed by atoms with E-state index in [1.807, 2.05) is 6.07 Å². The molecule has 2 rings (SSSR count). The Morgan fingerprint density at radius 2 is 1.57 bits per heavy atom. The fourth-order valence-electron chi connectivity index (χ4n) is 1.88. The largest absolute Gasteiger partial charge is 0.507 e. The van der Waals surface area contributed by atoms with Gasteiger partial charge in [-0.1, -0.05) is 12.1 Å². The minimum absolute atomic E-state index is 0.175. The summed E-state index contributed by atoms with van der Waals surface area (Å²) in [6.07, 6.45) is 1.58. The molecule has 0 aliphatic rings. The number of para-hydroxylation sites is 1. The van der Waals surface area contributed by atoms with E-state index in [0.717, 1.165) is 0 Å². The summed E-state index contributed by atoms with van der Waals surface area (Å²) in [5, 5.41) is 9.71. The number of nitrogens with zero attached hydrogens (tertiary/aromatic N) is 1. The molecule has 0 aliphatic carbocycles. The lowest BCUT2D eigenvalue weighted by Crippen LogP contribution is -1.94. The van der Waals surface area contributed by atoms with Gasteiger partial charge in [-0.15, -0.1) is 0 Å². The first-order valence-electron chi connectivity index (χ1n) is 6.31. The number of rotatable bonds is 5. The number of hydrogen-bond acceptors (Lipinski definition) is 5. The Kier molecular flexibility index (Phi) is 4.66. The molecule has 0 atom stereocenters. The van der Waals surface area contributed by atoms with Gasteiger partial charge < -0.3 is 19.3 Å². The normalized spacial score (nSPS) is 10.6. The summed E-state index contributed by atoms with van der Waals surface area (Å²) >= 11 is 0. The Labute approximate surface area is 123 Å². The predicted molar refractivity (Wildman–Crippen MR) is 81.5 cm³/mol. The summed E-state index contributed by atoms with van der Waals surface area (Å²) in [5.41, 5.74) is 1.26. The maximum atomic E-state index is 9.71. The van der Waals surface area contributed by atoms with Gasteiger partial charge in [-0.2, -0.15) is 0 Å². The molecule has 0 bridgehead atoms. The first-order chi connectivity index (χ1) is 10.2. The molecular formula is C16H17NO4. The zero-order chi connectivity index (χ0) is 15.2. The van der Waals surface area contributed by atoms with Crippen LogP contribution in [0.3, 0.4) is 0 Å². The molecule has 2 aromatic rings. The highest BCUT2D eigenvalue weighted by atomic mass is 16.5. The second kappa shape index (κ2) is 6.65. The van der Waals surface area contributed by atoms with Crippen molar-refractivity contribution in [2.24, 2.45) is 4.99 Å². The quantitative estimate of drug-likeness (QED) is 0.858. The van der Waals surface area contributed by atoms with Crippen LogP contribution in [0.25, 0.3) is 0 Å². The van der Waals surface area contributed by atoms with Crippen molar-refractivity contribution < 1.29 is 19.3 Å². The van der Waals surface area contributed by atoms with E-state index in [1.54, 1.807) is 57.9 Å². The van der Waals surface area contributed by atoms with Crippen LogP contribution in [0.15, 0.2) is 41.4 Å². The number of phenols is 1. The van der Waals surface area contributed by atoms with E-state index in [4.69, 9.17) is 14.2 Å². The van der Waals surface area contributed by atoms with E-state index in [9.17, 15) is 5.11 Å². The van der Waals surface area contributed by atoms with Crippen LogP contribution in [-0.2, 0) is 0 Å². The van der Waals surface area contributed by atoms with Crippen molar-refractivity contribution in [1.29, 1.82) is 0 Å². The monoisotopic (exact) mass is 287 g/mol. The van der Waals surface area contributed by atoms with Crippen LogP contribution in [-0.4, -0.2) is 32.7 Å². The molecule has 0 heterocycles. The molecule has 5 nitrogen and oxygen atoms in total. The average Bonchev–Trinajstić information content (AvgIpc) is 2.52. The van der Waals surface area contributed by atoms with Crippen LogP contribution in [0.5, 0.6) is 23.0 Å². The van der Waals surface area contributed by atoms with Crippen molar-refractivity contribution in [3.05, 3.63) is 42.0 Å². The van der Waals surface area contributed by atoms with Gasteiger partial charge in [0.2, 0.25) is 5.75 Å². The number of benzene rings is 2. The van der Waals surface area contributed by atoms with Crippen molar-refractivity contribution in [3.63, 3.8) is 0 Å². The summed E-state index contributed by atoms with van der Waals surface area (Å²) in [6, 6.07) is 10.4. The minimum Gasteiger partial charge on any atom is -0.507 e. The van der Waals surface area contributed by atoms with Gasteiger partial charge in [0.1, 0.15) is 5.75 Å². The van der Waals surface area contributed by atoms with Gasteiger partial charge in [0.05, 0.1) is 27.0 Å². The summed E-state index contributed by atoms with van der Waals surface area (Å²) < 4.78 is 15.8. The molecule has 0 fully saturated rings. The van der Waals surface area contributed by atoms with E-state index in [1.165, 1.54) is 0 Å². The molecule has 21 heavy (non-hydrogen) atoms. The molecule has 0 radical (unpaired) electrons. The van der Waals surface area contributed by atoms with E-state index < -0.39 is 0 Å². The maximum absolute atomic E-state index is 9.71. The summed E-state index contributed by atoms with van der Waals surface area (Å²) in [4.78, 5) is 4.33. The topological polar surface area (TPSA) is 60.3 Å². The van der Waals surface area contributed by atoms with E-state index in [-0.39, 0.29) is 5.75 Å². The number of methoxy groups -OCH3 is 3. The van der Waals surface area contributed by atoms with Crippen LogP contribution in [0.2, 0.25) is 0 Å². The summed E-state index contributed by atoms with van der Waals surface area (Å²) in [5.74, 6) is 1.75. The lowest BCUT2D eigenvalue weighted by molar-refractivity contribution is 0.324. The van der Waals surface area contributed by atoms with Gasteiger partial charge >= 0.3 is 0 Å². The van der Waals surface area contributed by atoms with Gasteiger partial charge in [0, 0.05) is 23.9 Å². The lowest BCUT2D eigenvalue weighted by atomic mass is 10.2. The SMILES string of the molecule is COc1cc(N=Cc2ccccc2O)cc(OC)c1OC. The molecular weight excluding hydrogens is 270 g/mol. The average molecular weight is 287 g/mol. The first kappa shape index (κ1) is 14.7. The zero-order valence-corrected chi connectivity index (χ0v) is 12.2. The van der Waals surface area contributed by atoms with Crippen LogP contribution < -0.4 is 14.2 Å². The van der Waals surface area contributed by atoms with Crippen LogP contribution in [0.4, 0.5) is 5.69 Å². The van der Waals surface area contributed by atoms with Crippen molar-refractivity contribution >= 4 is 11.9 Å². The minimum atomic E-state index is 0.175. The van der Waals surface area contributed by atoms with Crippen LogP contribution in [0.1, 0.15) is 5.56 Å². The third-order valence-electron chi connectivity index (χ3n) is 2.94. The van der Waals surface area contributed by atoms with Crippen molar-refractivity contribution in [2.45, 2.75) is 0 Å². The van der Waals surface area contributed by atoms with Gasteiger partial charge in [-0.05, 0) is 12.1 Å². The van der Waals surface area contributed by atoms with E-state index in [0.29, 0.717) is 28.5 Å². The summed E-state index contributed by atoms with van der Waals surface area (Å²) in [7, 11) is 4.65. The molecule has 0 spiro atoms. The molecule has 0 aliphatic heterocycles. The number of hydrogen-bond donors (Lipinski definition) is 1. The summed E-state index contributed by atoms with van der Waals surface area (Å²) in [6.45, 7) is 0. The molecule has 0 saturated heterocycles. The molecule has 2 aromatic carbocycles. The fourth-order valence-corrected chi connectivity index (χ4v) is 1.88. The molecule has 0 amide bonds. The lowest BCUT2D eigenvalue weighted by Gasteiger charge is -2.12. The molecule has 110 valence electrons. The van der Waals surface area contributed by atoms with Crippen molar-refractivity contribution in [3.8, 4) is 23.0 Å². The molecule has 5 heteroatoms. The van der Waals surface area contributed by atoms with Crippen molar-refractivity contribution in [1.82, 2.24) is 0 Å². The maximum Gasteiger partial charge on any atom is 0.203 e. The Bertz CT molecular complexity index is 627. The predicted octanol–water partition coefficient (Wildman–Crippen LogP) is 3.17. The Morgan fingerprint density at radius 1 is 0.952 bits per heavy atom. The van der Waals surface area contributed by atoms with Gasteiger partial charge in [-0.3, -0.25) is 4.99 Å². The van der Waals surface area contributed by atoms with E-state index in [2.05, 4.69) is 4.99 Å². The van der Waals surface area contributed by atoms with Gasteiger partial charge in [0.25, 0.3) is 0 Å². The Hall–Kier alpha value is -2.69. The first-order valence-corrected chi connectivity index (χ1v) is 6.31.